The quantitative estimate of drug-likeness (QED) is 0.657. The van der Waals surface area contributed by atoms with Gasteiger partial charge in [0.1, 0.15) is 0 Å². The highest BCUT2D eigenvalue weighted by Crippen LogP contribution is 2.29. The lowest BCUT2D eigenvalue weighted by atomic mass is 9.98. The molecule has 0 amide bonds. The molecule has 0 fully saturated rings. The van der Waals surface area contributed by atoms with Crippen LogP contribution >= 0.6 is 0 Å². The van der Waals surface area contributed by atoms with Crippen molar-refractivity contribution in [1.82, 2.24) is 0 Å². The molecule has 2 nitrogen and oxygen atoms in total. The van der Waals surface area contributed by atoms with Gasteiger partial charge in [0.25, 0.3) is 0 Å². The van der Waals surface area contributed by atoms with Crippen molar-refractivity contribution in [2.24, 2.45) is 0 Å². The normalized spacial score (nSPS) is 26.9. The fourth-order valence-electron chi connectivity index (χ4n) is 1.78. The maximum Gasteiger partial charge on any atom is 0.162 e. The number of hydrogen-bond donors (Lipinski definition) is 0. The van der Waals surface area contributed by atoms with Crippen LogP contribution in [-0.2, 0) is 15.9 Å². The summed E-state index contributed by atoms with van der Waals surface area (Å²) in [5.74, 6) is 0. The Kier molecular flexibility index (Phi) is 2.34. The van der Waals surface area contributed by atoms with Crippen molar-refractivity contribution in [2.75, 3.05) is 7.11 Å². The number of hydrogen-bond acceptors (Lipinski definition) is 2. The first-order valence-corrected chi connectivity index (χ1v) is 4.57. The third kappa shape index (κ3) is 1.60. The molecule has 0 saturated carbocycles. The molecule has 0 unspecified atom stereocenters. The van der Waals surface area contributed by atoms with E-state index in [4.69, 9.17) is 9.47 Å². The molecule has 0 bridgehead atoms. The summed E-state index contributed by atoms with van der Waals surface area (Å²) in [6.07, 6.45) is 0.927. The van der Waals surface area contributed by atoms with Gasteiger partial charge in [0, 0.05) is 13.5 Å². The number of rotatable bonds is 1. The lowest BCUT2D eigenvalue weighted by Gasteiger charge is -2.29. The zero-order chi connectivity index (χ0) is 9.26. The van der Waals surface area contributed by atoms with E-state index in [0.29, 0.717) is 0 Å². The average molecular weight is 178 g/mol. The molecule has 0 spiro atoms. The monoisotopic (exact) mass is 178 g/mol. The largest absolute Gasteiger partial charge is 0.356 e. The molecule has 1 aromatic rings. The first kappa shape index (κ1) is 8.73. The van der Waals surface area contributed by atoms with Gasteiger partial charge in [-0.25, -0.2) is 0 Å². The fourth-order valence-corrected chi connectivity index (χ4v) is 1.78. The summed E-state index contributed by atoms with van der Waals surface area (Å²) in [6, 6.07) is 8.36. The van der Waals surface area contributed by atoms with E-state index in [9.17, 15) is 0 Å². The lowest BCUT2D eigenvalue weighted by Crippen LogP contribution is -2.26. The van der Waals surface area contributed by atoms with Crippen molar-refractivity contribution in [3.05, 3.63) is 35.4 Å². The summed E-state index contributed by atoms with van der Waals surface area (Å²) in [5, 5.41) is 0. The molecular weight excluding hydrogens is 164 g/mol. The zero-order valence-corrected chi connectivity index (χ0v) is 7.99. The summed E-state index contributed by atoms with van der Waals surface area (Å²) in [5.41, 5.74) is 2.63. The van der Waals surface area contributed by atoms with Crippen molar-refractivity contribution >= 4 is 0 Å². The lowest BCUT2D eigenvalue weighted by molar-refractivity contribution is -0.159. The van der Waals surface area contributed by atoms with Crippen LogP contribution in [0.15, 0.2) is 24.3 Å². The molecule has 0 radical (unpaired) electrons. The molecular formula is C11H14O2. The van der Waals surface area contributed by atoms with Crippen LogP contribution < -0.4 is 0 Å². The highest BCUT2D eigenvalue weighted by atomic mass is 16.7. The maximum atomic E-state index is 5.64. The Balaban J connectivity index is 2.31. The Bertz CT molecular complexity index is 296. The number of fused-ring (bicyclic) bond motifs is 1. The molecule has 2 heteroatoms. The zero-order valence-electron chi connectivity index (χ0n) is 7.99. The predicted molar refractivity (Wildman–Crippen MR) is 50.4 cm³/mol. The van der Waals surface area contributed by atoms with E-state index in [1.165, 1.54) is 11.1 Å². The summed E-state index contributed by atoms with van der Waals surface area (Å²) in [4.78, 5) is 0. The summed E-state index contributed by atoms with van der Waals surface area (Å²) < 4.78 is 10.8. The minimum Gasteiger partial charge on any atom is -0.356 e. The van der Waals surface area contributed by atoms with Crippen LogP contribution in [0, 0.1) is 0 Å². The van der Waals surface area contributed by atoms with Gasteiger partial charge in [-0.15, -0.1) is 0 Å². The van der Waals surface area contributed by atoms with Crippen LogP contribution in [0.5, 0.6) is 0 Å². The molecule has 1 aliphatic heterocycles. The molecule has 1 heterocycles. The smallest absolute Gasteiger partial charge is 0.162 e. The molecule has 0 N–H and O–H groups in total. The van der Waals surface area contributed by atoms with E-state index < -0.39 is 0 Å². The van der Waals surface area contributed by atoms with Crippen molar-refractivity contribution < 1.29 is 9.47 Å². The number of benzene rings is 1. The second kappa shape index (κ2) is 3.48. The maximum absolute atomic E-state index is 5.64. The molecule has 70 valence electrons. The minimum absolute atomic E-state index is 0.0788. The van der Waals surface area contributed by atoms with Gasteiger partial charge in [0.2, 0.25) is 0 Å². The van der Waals surface area contributed by atoms with Gasteiger partial charge in [0.15, 0.2) is 6.29 Å². The number of methoxy groups -OCH3 is 1. The summed E-state index contributed by atoms with van der Waals surface area (Å²) in [6.45, 7) is 2.06. The Labute approximate surface area is 78.5 Å². The van der Waals surface area contributed by atoms with Gasteiger partial charge in [-0.05, 0) is 18.1 Å². The van der Waals surface area contributed by atoms with Crippen LogP contribution in [0.4, 0.5) is 0 Å². The first-order valence-electron chi connectivity index (χ1n) is 4.57. The third-order valence-electron chi connectivity index (χ3n) is 2.50. The van der Waals surface area contributed by atoms with Crippen LogP contribution in [0.3, 0.4) is 0 Å². The van der Waals surface area contributed by atoms with Gasteiger partial charge < -0.3 is 9.47 Å². The van der Waals surface area contributed by atoms with Gasteiger partial charge in [0.05, 0.1) is 6.10 Å². The molecule has 2 atom stereocenters. The van der Waals surface area contributed by atoms with Crippen molar-refractivity contribution in [3.8, 4) is 0 Å². The van der Waals surface area contributed by atoms with E-state index in [1.54, 1.807) is 7.11 Å². The van der Waals surface area contributed by atoms with Crippen LogP contribution in [0.1, 0.15) is 24.2 Å². The standard InChI is InChI=1S/C11H14O2/c1-8-10-6-4-3-5-9(10)7-11(12-2)13-8/h3-6,8,11H,7H2,1-2H3/t8-,11-/m1/s1. The van der Waals surface area contributed by atoms with E-state index in [-0.39, 0.29) is 12.4 Å². The molecule has 1 aromatic carbocycles. The summed E-state index contributed by atoms with van der Waals surface area (Å²) in [7, 11) is 1.69. The van der Waals surface area contributed by atoms with Crippen LogP contribution in [0.2, 0.25) is 0 Å². The molecule has 0 aliphatic carbocycles. The molecule has 0 aromatic heterocycles. The summed E-state index contributed by atoms with van der Waals surface area (Å²) >= 11 is 0. The van der Waals surface area contributed by atoms with Crippen LogP contribution in [0.25, 0.3) is 0 Å². The highest BCUT2D eigenvalue weighted by molar-refractivity contribution is 5.30. The Morgan fingerprint density at radius 2 is 2.15 bits per heavy atom. The van der Waals surface area contributed by atoms with Gasteiger partial charge >= 0.3 is 0 Å². The third-order valence-corrected chi connectivity index (χ3v) is 2.50. The van der Waals surface area contributed by atoms with E-state index in [0.717, 1.165) is 6.42 Å². The van der Waals surface area contributed by atoms with Crippen molar-refractivity contribution in [1.29, 1.82) is 0 Å². The van der Waals surface area contributed by atoms with Gasteiger partial charge in [-0.1, -0.05) is 24.3 Å². The first-order chi connectivity index (χ1) is 6.31. The highest BCUT2D eigenvalue weighted by Gasteiger charge is 2.23. The molecule has 2 rings (SSSR count). The number of ether oxygens (including phenoxy) is 2. The predicted octanol–water partition coefficient (Wildman–Crippen LogP) is 2.29. The Hall–Kier alpha value is -0.860. The Morgan fingerprint density at radius 3 is 2.92 bits per heavy atom. The van der Waals surface area contributed by atoms with Crippen LogP contribution in [-0.4, -0.2) is 13.4 Å². The molecule has 13 heavy (non-hydrogen) atoms. The van der Waals surface area contributed by atoms with Crippen molar-refractivity contribution in [3.63, 3.8) is 0 Å². The molecule has 0 saturated heterocycles. The van der Waals surface area contributed by atoms with Crippen molar-refractivity contribution in [2.45, 2.75) is 25.7 Å². The topological polar surface area (TPSA) is 18.5 Å². The molecule has 1 aliphatic rings. The Morgan fingerprint density at radius 1 is 1.38 bits per heavy atom. The SMILES string of the molecule is CO[C@H]1Cc2ccccc2[C@@H](C)O1. The van der Waals surface area contributed by atoms with Gasteiger partial charge in [-0.2, -0.15) is 0 Å². The van der Waals surface area contributed by atoms with E-state index >= 15 is 0 Å². The van der Waals surface area contributed by atoms with E-state index in [2.05, 4.69) is 25.1 Å². The fraction of sp³-hybridized carbons (Fsp3) is 0.455. The van der Waals surface area contributed by atoms with E-state index in [1.807, 2.05) is 6.07 Å². The van der Waals surface area contributed by atoms with Gasteiger partial charge in [-0.3, -0.25) is 0 Å². The second-order valence-electron chi connectivity index (χ2n) is 3.35. The second-order valence-corrected chi connectivity index (χ2v) is 3.35. The minimum atomic E-state index is -0.0788. The average Bonchev–Trinajstić information content (AvgIpc) is 2.18.